The van der Waals surface area contributed by atoms with Crippen molar-refractivity contribution in [2.45, 2.75) is 37.5 Å². The van der Waals surface area contributed by atoms with Crippen molar-refractivity contribution in [2.75, 3.05) is 19.8 Å². The van der Waals surface area contributed by atoms with Crippen LogP contribution in [0.5, 0.6) is 0 Å². The Hall–Kier alpha value is -0.650. The molecule has 2 heterocycles. The van der Waals surface area contributed by atoms with Crippen molar-refractivity contribution in [2.24, 2.45) is 11.1 Å². The van der Waals surface area contributed by atoms with Gasteiger partial charge in [0.25, 0.3) is 0 Å². The van der Waals surface area contributed by atoms with E-state index in [1.54, 1.807) is 0 Å². The second-order valence-corrected chi connectivity index (χ2v) is 5.24. The molecule has 0 aromatic rings. The van der Waals surface area contributed by atoms with Gasteiger partial charge in [0.1, 0.15) is 0 Å². The van der Waals surface area contributed by atoms with E-state index in [0.717, 1.165) is 19.4 Å². The van der Waals surface area contributed by atoms with Crippen LogP contribution in [0.4, 0.5) is 0 Å². The fraction of sp³-hybridized carbons (Fsp3) is 0.909. The molecule has 0 aromatic heterocycles. The van der Waals surface area contributed by atoms with Crippen molar-refractivity contribution >= 4 is 5.91 Å². The summed E-state index contributed by atoms with van der Waals surface area (Å²) in [5.74, 6) is -0.458. The van der Waals surface area contributed by atoms with E-state index in [0.29, 0.717) is 26.1 Å². The van der Waals surface area contributed by atoms with Gasteiger partial charge in [0.2, 0.25) is 5.91 Å². The van der Waals surface area contributed by atoms with E-state index in [4.69, 9.17) is 15.2 Å². The average molecular weight is 226 g/mol. The smallest absolute Gasteiger partial charge is 0.226 e. The summed E-state index contributed by atoms with van der Waals surface area (Å²) in [5, 5.41) is 2.90. The van der Waals surface area contributed by atoms with E-state index in [2.05, 4.69) is 5.32 Å². The topological polar surface area (TPSA) is 73.6 Å². The Balaban J connectivity index is 1.88. The third-order valence-corrected chi connectivity index (χ3v) is 4.02. The van der Waals surface area contributed by atoms with Crippen molar-refractivity contribution in [1.29, 1.82) is 0 Å². The summed E-state index contributed by atoms with van der Waals surface area (Å²) in [5.41, 5.74) is 5.72. The summed E-state index contributed by atoms with van der Waals surface area (Å²) < 4.78 is 11.4. The summed E-state index contributed by atoms with van der Waals surface area (Å²) in [4.78, 5) is 12.0. The normalized spacial score (nSPS) is 41.8. The number of nitrogens with two attached hydrogens (primary N) is 1. The SMILES string of the molecule is N[C@H]1CC2(C[C@]3(CCNC3=O)C1)OCCO2. The number of hydrogen-bond donors (Lipinski definition) is 2. The third-order valence-electron chi connectivity index (χ3n) is 4.02. The predicted octanol–water partition coefficient (Wildman–Crippen LogP) is -0.253. The molecule has 0 unspecified atom stereocenters. The maximum Gasteiger partial charge on any atom is 0.226 e. The molecular weight excluding hydrogens is 208 g/mol. The van der Waals surface area contributed by atoms with Crippen LogP contribution in [0.3, 0.4) is 0 Å². The van der Waals surface area contributed by atoms with Crippen LogP contribution in [0.1, 0.15) is 25.7 Å². The molecule has 5 nitrogen and oxygen atoms in total. The van der Waals surface area contributed by atoms with Crippen molar-refractivity contribution in [1.82, 2.24) is 5.32 Å². The quantitative estimate of drug-likeness (QED) is 0.597. The molecule has 1 saturated carbocycles. The van der Waals surface area contributed by atoms with Gasteiger partial charge in [-0.05, 0) is 12.8 Å². The maximum absolute atomic E-state index is 12.0. The molecule has 0 bridgehead atoms. The molecule has 0 radical (unpaired) electrons. The van der Waals surface area contributed by atoms with Gasteiger partial charge in [0.05, 0.1) is 18.6 Å². The number of rotatable bonds is 0. The summed E-state index contributed by atoms with van der Waals surface area (Å²) in [6.07, 6.45) is 2.99. The van der Waals surface area contributed by atoms with E-state index >= 15 is 0 Å². The number of carbonyl (C=O) groups is 1. The molecule has 1 amide bonds. The van der Waals surface area contributed by atoms with Crippen LogP contribution >= 0.6 is 0 Å². The third kappa shape index (κ3) is 1.46. The van der Waals surface area contributed by atoms with E-state index < -0.39 is 5.79 Å². The van der Waals surface area contributed by atoms with Crippen LogP contribution in [-0.4, -0.2) is 37.5 Å². The van der Waals surface area contributed by atoms with Gasteiger partial charge >= 0.3 is 0 Å². The van der Waals surface area contributed by atoms with Gasteiger partial charge in [-0.3, -0.25) is 4.79 Å². The Bertz CT molecular complexity index is 314. The predicted molar refractivity (Wildman–Crippen MR) is 56.5 cm³/mol. The van der Waals surface area contributed by atoms with Crippen LogP contribution in [0.25, 0.3) is 0 Å². The minimum Gasteiger partial charge on any atom is -0.356 e. The Labute approximate surface area is 94.6 Å². The van der Waals surface area contributed by atoms with Gasteiger partial charge in [0, 0.05) is 25.4 Å². The Morgan fingerprint density at radius 3 is 2.69 bits per heavy atom. The van der Waals surface area contributed by atoms with Gasteiger partial charge in [0.15, 0.2) is 5.79 Å². The van der Waals surface area contributed by atoms with Gasteiger partial charge in [-0.2, -0.15) is 0 Å². The highest BCUT2D eigenvalue weighted by Crippen LogP contribution is 2.48. The molecule has 3 rings (SSSR count). The van der Waals surface area contributed by atoms with Crippen molar-refractivity contribution in [3.05, 3.63) is 0 Å². The highest BCUT2D eigenvalue weighted by atomic mass is 16.7. The highest BCUT2D eigenvalue weighted by Gasteiger charge is 2.55. The molecular formula is C11H18N2O3. The Morgan fingerprint density at radius 2 is 2.06 bits per heavy atom. The standard InChI is InChI=1S/C11H18N2O3/c12-8-5-10(1-2-13-9(10)14)7-11(6-8)15-3-4-16-11/h8H,1-7,12H2,(H,13,14)/t8-,10+/m1/s1. The fourth-order valence-electron chi connectivity index (χ4n) is 3.43. The number of hydrogen-bond acceptors (Lipinski definition) is 4. The molecule has 3 aliphatic rings. The fourth-order valence-corrected chi connectivity index (χ4v) is 3.43. The monoisotopic (exact) mass is 226 g/mol. The second kappa shape index (κ2) is 3.42. The molecule has 2 spiro atoms. The molecule has 90 valence electrons. The minimum atomic E-state index is -0.584. The number of ether oxygens (including phenoxy) is 2. The molecule has 0 aromatic carbocycles. The first kappa shape index (κ1) is 10.5. The molecule has 2 atom stereocenters. The summed E-state index contributed by atoms with van der Waals surface area (Å²) in [6.45, 7) is 1.98. The van der Waals surface area contributed by atoms with Crippen molar-refractivity contribution < 1.29 is 14.3 Å². The zero-order valence-electron chi connectivity index (χ0n) is 9.33. The number of nitrogens with one attached hydrogen (secondary N) is 1. The molecule has 3 fully saturated rings. The lowest BCUT2D eigenvalue weighted by molar-refractivity contribution is -0.205. The van der Waals surface area contributed by atoms with Crippen LogP contribution in [0.15, 0.2) is 0 Å². The van der Waals surface area contributed by atoms with Gasteiger partial charge < -0.3 is 20.5 Å². The first-order valence-corrected chi connectivity index (χ1v) is 5.96. The molecule has 3 N–H and O–H groups in total. The van der Waals surface area contributed by atoms with Gasteiger partial charge in [-0.25, -0.2) is 0 Å². The Morgan fingerprint density at radius 1 is 1.31 bits per heavy atom. The number of carbonyl (C=O) groups excluding carboxylic acids is 1. The van der Waals surface area contributed by atoms with Crippen LogP contribution < -0.4 is 11.1 Å². The lowest BCUT2D eigenvalue weighted by atomic mass is 9.68. The van der Waals surface area contributed by atoms with E-state index in [9.17, 15) is 4.79 Å². The molecule has 16 heavy (non-hydrogen) atoms. The molecule has 2 aliphatic heterocycles. The molecule has 1 aliphatic carbocycles. The summed E-state index contributed by atoms with van der Waals surface area (Å²) >= 11 is 0. The zero-order chi connectivity index (χ0) is 11.2. The highest BCUT2D eigenvalue weighted by molar-refractivity contribution is 5.85. The molecule has 5 heteroatoms. The minimum absolute atomic E-state index is 0.00398. The van der Waals surface area contributed by atoms with Crippen LogP contribution in [-0.2, 0) is 14.3 Å². The van der Waals surface area contributed by atoms with E-state index in [1.807, 2.05) is 0 Å². The van der Waals surface area contributed by atoms with Crippen LogP contribution in [0.2, 0.25) is 0 Å². The second-order valence-electron chi connectivity index (χ2n) is 5.24. The first-order valence-electron chi connectivity index (χ1n) is 5.96. The average Bonchev–Trinajstić information content (AvgIpc) is 2.76. The van der Waals surface area contributed by atoms with Crippen LogP contribution in [0, 0.1) is 5.41 Å². The van der Waals surface area contributed by atoms with Gasteiger partial charge in [-0.15, -0.1) is 0 Å². The van der Waals surface area contributed by atoms with E-state index in [-0.39, 0.29) is 17.4 Å². The zero-order valence-corrected chi connectivity index (χ0v) is 9.33. The maximum atomic E-state index is 12.0. The summed E-state index contributed by atoms with van der Waals surface area (Å²) in [6, 6.07) is -0.00398. The molecule has 2 saturated heterocycles. The summed E-state index contributed by atoms with van der Waals surface area (Å²) in [7, 11) is 0. The number of amides is 1. The van der Waals surface area contributed by atoms with Gasteiger partial charge in [-0.1, -0.05) is 0 Å². The largest absolute Gasteiger partial charge is 0.356 e. The lowest BCUT2D eigenvalue weighted by Crippen LogP contribution is -2.52. The lowest BCUT2D eigenvalue weighted by Gasteiger charge is -2.43. The van der Waals surface area contributed by atoms with Crippen molar-refractivity contribution in [3.63, 3.8) is 0 Å². The van der Waals surface area contributed by atoms with Crippen molar-refractivity contribution in [3.8, 4) is 0 Å². The Kier molecular flexibility index (Phi) is 2.24. The van der Waals surface area contributed by atoms with E-state index in [1.165, 1.54) is 0 Å². The first-order chi connectivity index (χ1) is 7.64.